The van der Waals surface area contributed by atoms with Crippen LogP contribution in [0.2, 0.25) is 0 Å². The number of alkyl halides is 3. The summed E-state index contributed by atoms with van der Waals surface area (Å²) in [4.78, 5) is 35.3. The quantitative estimate of drug-likeness (QED) is 0.441. The molecule has 136 valence electrons. The number of carbonyl (C=O) groups is 3. The molecule has 0 heterocycles. The predicted molar refractivity (Wildman–Crippen MR) is 83.7 cm³/mol. The van der Waals surface area contributed by atoms with Crippen LogP contribution in [-0.4, -0.2) is 23.1 Å². The summed E-state index contributed by atoms with van der Waals surface area (Å²) < 4.78 is 51.3. The highest BCUT2D eigenvalue weighted by Crippen LogP contribution is 2.35. The fourth-order valence-electron chi connectivity index (χ4n) is 2.87. The van der Waals surface area contributed by atoms with Crippen molar-refractivity contribution in [3.05, 3.63) is 29.6 Å². The van der Waals surface area contributed by atoms with Crippen LogP contribution in [0, 0.1) is 17.7 Å². The lowest BCUT2D eigenvalue weighted by molar-refractivity contribution is -0.143. The molecule has 25 heavy (non-hydrogen) atoms. The van der Waals surface area contributed by atoms with Gasteiger partial charge >= 0.3 is 6.18 Å². The van der Waals surface area contributed by atoms with Crippen molar-refractivity contribution in [3.8, 4) is 0 Å². The molecule has 2 rings (SSSR count). The molecule has 0 atom stereocenters. The normalized spacial score (nSPS) is 21.5. The lowest BCUT2D eigenvalue weighted by atomic mass is 9.77. The standard InChI is InChI=1S/C17H16F4O3S/c1-9(22)16-14(23)6-10(7-15(16)24)4-5-25-11-2-3-13(18)12(8-11)17(19,20)21/h2-3,8,10,16H,4-7H2,1H3. The van der Waals surface area contributed by atoms with Gasteiger partial charge < -0.3 is 0 Å². The van der Waals surface area contributed by atoms with Gasteiger partial charge in [0, 0.05) is 17.7 Å². The molecule has 0 unspecified atom stereocenters. The first-order valence-electron chi connectivity index (χ1n) is 7.65. The molecule has 3 nitrogen and oxygen atoms in total. The molecular weight excluding hydrogens is 360 g/mol. The molecule has 0 aliphatic heterocycles. The third kappa shape index (κ3) is 4.90. The van der Waals surface area contributed by atoms with Crippen molar-refractivity contribution in [1.29, 1.82) is 0 Å². The second-order valence-corrected chi connectivity index (χ2v) is 7.20. The van der Waals surface area contributed by atoms with Crippen molar-refractivity contribution in [2.45, 2.75) is 37.3 Å². The van der Waals surface area contributed by atoms with Crippen LogP contribution < -0.4 is 0 Å². The molecule has 0 spiro atoms. The average Bonchev–Trinajstić information content (AvgIpc) is 2.46. The van der Waals surface area contributed by atoms with Crippen molar-refractivity contribution >= 4 is 29.1 Å². The molecule has 1 fully saturated rings. The van der Waals surface area contributed by atoms with Gasteiger partial charge in [-0.1, -0.05) is 0 Å². The van der Waals surface area contributed by atoms with Crippen molar-refractivity contribution in [2.75, 3.05) is 5.75 Å². The molecule has 0 radical (unpaired) electrons. The van der Waals surface area contributed by atoms with E-state index in [1.807, 2.05) is 0 Å². The SMILES string of the molecule is CC(=O)C1C(=O)CC(CCSc2ccc(F)c(C(F)(F)F)c2)CC1=O. The van der Waals surface area contributed by atoms with E-state index < -0.39 is 29.3 Å². The molecule has 8 heteroatoms. The number of halogens is 4. The Morgan fingerprint density at radius 1 is 1.20 bits per heavy atom. The minimum Gasteiger partial charge on any atom is -0.299 e. The zero-order valence-corrected chi connectivity index (χ0v) is 14.2. The highest BCUT2D eigenvalue weighted by atomic mass is 32.2. The summed E-state index contributed by atoms with van der Waals surface area (Å²) in [6.07, 6.45) is -4.07. The molecule has 0 aromatic heterocycles. The number of carbonyl (C=O) groups excluding carboxylic acids is 3. The molecule has 0 bridgehead atoms. The third-order valence-electron chi connectivity index (χ3n) is 4.07. The van der Waals surface area contributed by atoms with E-state index in [1.54, 1.807) is 0 Å². The molecule has 1 aromatic rings. The van der Waals surface area contributed by atoms with E-state index in [0.717, 1.165) is 23.9 Å². The Kier molecular flexibility index (Phi) is 6.03. The Hall–Kier alpha value is -1.70. The van der Waals surface area contributed by atoms with Crippen LogP contribution in [-0.2, 0) is 20.6 Å². The number of Topliss-reactive ketones (excluding diaryl/α,β-unsaturated/α-hetero) is 3. The fourth-order valence-corrected chi connectivity index (χ4v) is 3.92. The molecular formula is C17H16F4O3S. The Labute approximate surface area is 146 Å². The molecule has 0 saturated heterocycles. The number of benzene rings is 1. The summed E-state index contributed by atoms with van der Waals surface area (Å²) >= 11 is 1.11. The van der Waals surface area contributed by atoms with Crippen LogP contribution in [0.25, 0.3) is 0 Å². The second-order valence-electron chi connectivity index (χ2n) is 6.03. The highest BCUT2D eigenvalue weighted by molar-refractivity contribution is 7.99. The van der Waals surface area contributed by atoms with Crippen LogP contribution in [0.3, 0.4) is 0 Å². The van der Waals surface area contributed by atoms with E-state index in [-0.39, 0.29) is 35.2 Å². The fraction of sp³-hybridized carbons (Fsp3) is 0.471. The van der Waals surface area contributed by atoms with E-state index >= 15 is 0 Å². The van der Waals surface area contributed by atoms with E-state index in [4.69, 9.17) is 0 Å². The lowest BCUT2D eigenvalue weighted by Crippen LogP contribution is -2.37. The van der Waals surface area contributed by atoms with E-state index in [1.165, 1.54) is 13.0 Å². The van der Waals surface area contributed by atoms with Crippen LogP contribution >= 0.6 is 11.8 Å². The van der Waals surface area contributed by atoms with Gasteiger partial charge in [-0.25, -0.2) is 4.39 Å². The summed E-state index contributed by atoms with van der Waals surface area (Å²) in [5.74, 6) is -3.54. The first-order valence-corrected chi connectivity index (χ1v) is 8.63. The monoisotopic (exact) mass is 376 g/mol. The molecule has 1 saturated carbocycles. The molecule has 0 N–H and O–H groups in total. The zero-order valence-electron chi connectivity index (χ0n) is 13.4. The third-order valence-corrected chi connectivity index (χ3v) is 5.10. The van der Waals surface area contributed by atoms with Crippen molar-refractivity contribution < 1.29 is 31.9 Å². The van der Waals surface area contributed by atoms with Gasteiger partial charge in [-0.3, -0.25) is 14.4 Å². The molecule has 0 amide bonds. The van der Waals surface area contributed by atoms with Gasteiger partial charge in [0.25, 0.3) is 0 Å². The summed E-state index contributed by atoms with van der Waals surface area (Å²) in [6, 6.07) is 2.79. The topological polar surface area (TPSA) is 51.2 Å². The smallest absolute Gasteiger partial charge is 0.299 e. The summed E-state index contributed by atoms with van der Waals surface area (Å²) in [5, 5.41) is 0. The average molecular weight is 376 g/mol. The van der Waals surface area contributed by atoms with Gasteiger partial charge in [0.15, 0.2) is 11.6 Å². The first-order chi connectivity index (χ1) is 11.6. The number of thioether (sulfide) groups is 1. The lowest BCUT2D eigenvalue weighted by Gasteiger charge is -2.24. The van der Waals surface area contributed by atoms with Crippen molar-refractivity contribution in [2.24, 2.45) is 11.8 Å². The Morgan fingerprint density at radius 3 is 2.32 bits per heavy atom. The van der Waals surface area contributed by atoms with Gasteiger partial charge in [0.1, 0.15) is 17.5 Å². The zero-order chi connectivity index (χ0) is 18.8. The maximum atomic E-state index is 13.2. The van der Waals surface area contributed by atoms with E-state index in [0.29, 0.717) is 12.2 Å². The van der Waals surface area contributed by atoms with E-state index in [2.05, 4.69) is 0 Å². The summed E-state index contributed by atoms with van der Waals surface area (Å²) in [7, 11) is 0. The molecule has 1 aliphatic carbocycles. The van der Waals surface area contributed by atoms with Crippen molar-refractivity contribution in [1.82, 2.24) is 0 Å². The van der Waals surface area contributed by atoms with Gasteiger partial charge in [-0.2, -0.15) is 13.2 Å². The van der Waals surface area contributed by atoms with Gasteiger partial charge in [0.2, 0.25) is 0 Å². The Bertz CT molecular complexity index is 682. The minimum atomic E-state index is -4.76. The second kappa shape index (κ2) is 7.68. The number of hydrogen-bond donors (Lipinski definition) is 0. The Morgan fingerprint density at radius 2 is 1.80 bits per heavy atom. The molecule has 1 aliphatic rings. The van der Waals surface area contributed by atoms with Crippen molar-refractivity contribution in [3.63, 3.8) is 0 Å². The number of hydrogen-bond acceptors (Lipinski definition) is 4. The van der Waals surface area contributed by atoms with Crippen LogP contribution in [0.5, 0.6) is 0 Å². The summed E-state index contributed by atoms with van der Waals surface area (Å²) in [6.45, 7) is 1.21. The maximum Gasteiger partial charge on any atom is 0.419 e. The first kappa shape index (κ1) is 19.6. The maximum absolute atomic E-state index is 13.2. The largest absolute Gasteiger partial charge is 0.419 e. The van der Waals surface area contributed by atoms with Gasteiger partial charge in [-0.05, 0) is 43.2 Å². The summed E-state index contributed by atoms with van der Waals surface area (Å²) in [5.41, 5.74) is -1.31. The number of rotatable bonds is 5. The van der Waals surface area contributed by atoms with E-state index in [9.17, 15) is 31.9 Å². The van der Waals surface area contributed by atoms with Crippen LogP contribution in [0.15, 0.2) is 23.1 Å². The van der Waals surface area contributed by atoms with Crippen LogP contribution in [0.1, 0.15) is 31.7 Å². The molecule has 1 aromatic carbocycles. The van der Waals surface area contributed by atoms with Gasteiger partial charge in [-0.15, -0.1) is 11.8 Å². The Balaban J connectivity index is 1.93. The minimum absolute atomic E-state index is 0.119. The van der Waals surface area contributed by atoms with Gasteiger partial charge in [0.05, 0.1) is 5.56 Å². The van der Waals surface area contributed by atoms with Crippen LogP contribution in [0.4, 0.5) is 17.6 Å². The predicted octanol–water partition coefficient (Wildman–Crippen LogP) is 4.08. The highest BCUT2D eigenvalue weighted by Gasteiger charge is 2.38. The number of ketones is 3.